The van der Waals surface area contributed by atoms with Crippen LogP contribution in [-0.4, -0.2) is 4.98 Å². The Morgan fingerprint density at radius 2 is 1.80 bits per heavy atom. The molecule has 0 radical (unpaired) electrons. The van der Waals surface area contributed by atoms with Gasteiger partial charge in [0, 0.05) is 16.0 Å². The van der Waals surface area contributed by atoms with Crippen molar-refractivity contribution >= 4 is 23.4 Å². The van der Waals surface area contributed by atoms with E-state index in [9.17, 15) is 0 Å². The van der Waals surface area contributed by atoms with Gasteiger partial charge in [-0.1, -0.05) is 41.1 Å². The molecule has 2 aromatic rings. The van der Waals surface area contributed by atoms with Crippen LogP contribution in [0.4, 0.5) is 0 Å². The van der Waals surface area contributed by atoms with Gasteiger partial charge >= 0.3 is 0 Å². The second-order valence-electron chi connectivity index (χ2n) is 3.23. The summed E-state index contributed by atoms with van der Waals surface area (Å²) in [6.45, 7) is 2.08. The molecule has 0 unspecified atom stereocenters. The summed E-state index contributed by atoms with van der Waals surface area (Å²) >= 11 is 7.50. The molecule has 0 bridgehead atoms. The lowest BCUT2D eigenvalue weighted by Crippen LogP contribution is -1.77. The van der Waals surface area contributed by atoms with E-state index in [-0.39, 0.29) is 0 Å². The highest BCUT2D eigenvalue weighted by Gasteiger charge is 1.98. The van der Waals surface area contributed by atoms with Gasteiger partial charge in [-0.3, -0.25) is 0 Å². The first-order chi connectivity index (χ1) is 7.24. The zero-order valence-corrected chi connectivity index (χ0v) is 9.85. The normalized spacial score (nSPS) is 10.3. The van der Waals surface area contributed by atoms with Crippen molar-refractivity contribution in [3.63, 3.8) is 0 Å². The largest absolute Gasteiger partial charge is 0.244 e. The van der Waals surface area contributed by atoms with Crippen LogP contribution >= 0.6 is 23.4 Å². The average Bonchev–Trinajstić information content (AvgIpc) is 2.22. The highest BCUT2D eigenvalue weighted by atomic mass is 35.5. The summed E-state index contributed by atoms with van der Waals surface area (Å²) in [6.07, 6.45) is 1.72. The molecule has 2 rings (SSSR count). The molecule has 0 amide bonds. The summed E-state index contributed by atoms with van der Waals surface area (Å²) in [4.78, 5) is 6.27. The van der Waals surface area contributed by atoms with Crippen LogP contribution in [0.2, 0.25) is 5.15 Å². The molecular weight excluding hydrogens is 226 g/mol. The maximum Gasteiger partial charge on any atom is 0.130 e. The maximum absolute atomic E-state index is 5.81. The molecule has 0 saturated heterocycles. The summed E-state index contributed by atoms with van der Waals surface area (Å²) in [7, 11) is 0. The molecule has 0 aliphatic heterocycles. The third kappa shape index (κ3) is 2.98. The second-order valence-corrected chi connectivity index (χ2v) is 4.76. The lowest BCUT2D eigenvalue weighted by atomic mass is 10.2. The molecule has 0 fully saturated rings. The number of nitrogens with zero attached hydrogens (tertiary/aromatic N) is 1. The molecule has 1 aromatic carbocycles. The van der Waals surface area contributed by atoms with Crippen molar-refractivity contribution in [1.82, 2.24) is 4.98 Å². The van der Waals surface area contributed by atoms with E-state index in [4.69, 9.17) is 11.6 Å². The molecule has 0 aliphatic carbocycles. The number of aryl methyl sites for hydroxylation is 1. The van der Waals surface area contributed by atoms with Crippen molar-refractivity contribution in [2.45, 2.75) is 16.7 Å². The van der Waals surface area contributed by atoms with E-state index >= 15 is 0 Å². The van der Waals surface area contributed by atoms with Gasteiger partial charge in [0.1, 0.15) is 5.15 Å². The molecule has 76 valence electrons. The summed E-state index contributed by atoms with van der Waals surface area (Å²) < 4.78 is 0. The van der Waals surface area contributed by atoms with Crippen LogP contribution in [-0.2, 0) is 0 Å². The van der Waals surface area contributed by atoms with Crippen molar-refractivity contribution in [2.75, 3.05) is 0 Å². The lowest BCUT2D eigenvalue weighted by Gasteiger charge is -2.01. The predicted molar refractivity (Wildman–Crippen MR) is 64.5 cm³/mol. The van der Waals surface area contributed by atoms with E-state index < -0.39 is 0 Å². The fraction of sp³-hybridized carbons (Fsp3) is 0.0833. The molecule has 3 heteroatoms. The van der Waals surface area contributed by atoms with Crippen molar-refractivity contribution in [3.8, 4) is 0 Å². The number of hydrogen-bond acceptors (Lipinski definition) is 2. The van der Waals surface area contributed by atoms with Crippen LogP contribution in [0.5, 0.6) is 0 Å². The first-order valence-corrected chi connectivity index (χ1v) is 5.79. The van der Waals surface area contributed by atoms with Crippen molar-refractivity contribution in [1.29, 1.82) is 0 Å². The number of halogens is 1. The van der Waals surface area contributed by atoms with Gasteiger partial charge in [0.05, 0.1) is 0 Å². The van der Waals surface area contributed by atoms with E-state index in [0.717, 1.165) is 4.90 Å². The summed E-state index contributed by atoms with van der Waals surface area (Å²) in [6, 6.07) is 12.2. The predicted octanol–water partition coefficient (Wildman–Crippen LogP) is 4.19. The minimum absolute atomic E-state index is 0.534. The van der Waals surface area contributed by atoms with Gasteiger partial charge in [-0.05, 0) is 31.2 Å². The summed E-state index contributed by atoms with van der Waals surface area (Å²) in [5.41, 5.74) is 1.27. The molecule has 1 nitrogen and oxygen atoms in total. The molecule has 0 spiro atoms. The van der Waals surface area contributed by atoms with E-state index in [1.807, 2.05) is 12.1 Å². The maximum atomic E-state index is 5.81. The van der Waals surface area contributed by atoms with Gasteiger partial charge in [-0.25, -0.2) is 4.98 Å². The van der Waals surface area contributed by atoms with Gasteiger partial charge in [0.25, 0.3) is 0 Å². The number of benzene rings is 1. The number of aromatic nitrogens is 1. The smallest absolute Gasteiger partial charge is 0.130 e. The Balaban J connectivity index is 2.18. The fourth-order valence-corrected chi connectivity index (χ4v) is 2.27. The van der Waals surface area contributed by atoms with E-state index in [1.54, 1.807) is 18.0 Å². The quantitative estimate of drug-likeness (QED) is 0.724. The van der Waals surface area contributed by atoms with Crippen molar-refractivity contribution < 1.29 is 0 Å². The SMILES string of the molecule is Cc1ccc(Sc2ccnc(Cl)c2)cc1. The molecule has 15 heavy (non-hydrogen) atoms. The molecule has 0 atom stereocenters. The van der Waals surface area contributed by atoms with E-state index in [2.05, 4.69) is 36.2 Å². The van der Waals surface area contributed by atoms with Gasteiger partial charge in [0.15, 0.2) is 0 Å². The summed E-state index contributed by atoms with van der Waals surface area (Å²) in [5.74, 6) is 0. The molecular formula is C12H10ClNS. The molecule has 1 aromatic heterocycles. The Hall–Kier alpha value is -0.990. The standard InChI is InChI=1S/C12H10ClNS/c1-9-2-4-10(5-3-9)15-11-6-7-14-12(13)8-11/h2-8H,1H3. The Labute approximate surface area is 98.5 Å². The fourth-order valence-electron chi connectivity index (χ4n) is 1.19. The number of pyridine rings is 1. The minimum Gasteiger partial charge on any atom is -0.244 e. The third-order valence-electron chi connectivity index (χ3n) is 1.95. The number of hydrogen-bond donors (Lipinski definition) is 0. The zero-order valence-electron chi connectivity index (χ0n) is 8.27. The van der Waals surface area contributed by atoms with Gasteiger partial charge in [-0.2, -0.15) is 0 Å². The molecule has 0 N–H and O–H groups in total. The van der Waals surface area contributed by atoms with Crippen LogP contribution in [0.3, 0.4) is 0 Å². The lowest BCUT2D eigenvalue weighted by molar-refractivity contribution is 1.26. The topological polar surface area (TPSA) is 12.9 Å². The molecule has 1 heterocycles. The van der Waals surface area contributed by atoms with Crippen LogP contribution in [0.15, 0.2) is 52.4 Å². The van der Waals surface area contributed by atoms with Crippen LogP contribution in [0, 0.1) is 6.92 Å². The minimum atomic E-state index is 0.534. The van der Waals surface area contributed by atoms with Crippen molar-refractivity contribution in [3.05, 3.63) is 53.3 Å². The second kappa shape index (κ2) is 4.69. The van der Waals surface area contributed by atoms with Gasteiger partial charge in [-0.15, -0.1) is 0 Å². The molecule has 0 saturated carbocycles. The number of rotatable bonds is 2. The Bertz CT molecular complexity index is 453. The van der Waals surface area contributed by atoms with Crippen molar-refractivity contribution in [2.24, 2.45) is 0 Å². The Morgan fingerprint density at radius 1 is 1.07 bits per heavy atom. The third-order valence-corrected chi connectivity index (χ3v) is 3.16. The first-order valence-electron chi connectivity index (χ1n) is 4.60. The molecule has 0 aliphatic rings. The summed E-state index contributed by atoms with van der Waals surface area (Å²) in [5, 5.41) is 0.534. The van der Waals surface area contributed by atoms with Crippen LogP contribution in [0.1, 0.15) is 5.56 Å². The van der Waals surface area contributed by atoms with E-state index in [0.29, 0.717) is 5.15 Å². The highest BCUT2D eigenvalue weighted by molar-refractivity contribution is 7.99. The highest BCUT2D eigenvalue weighted by Crippen LogP contribution is 2.28. The first kappa shape index (κ1) is 10.5. The van der Waals surface area contributed by atoms with Crippen LogP contribution < -0.4 is 0 Å². The monoisotopic (exact) mass is 235 g/mol. The van der Waals surface area contributed by atoms with Crippen LogP contribution in [0.25, 0.3) is 0 Å². The zero-order chi connectivity index (χ0) is 10.7. The Kier molecular flexibility index (Phi) is 3.29. The van der Waals surface area contributed by atoms with E-state index in [1.165, 1.54) is 10.5 Å². The average molecular weight is 236 g/mol. The van der Waals surface area contributed by atoms with Gasteiger partial charge < -0.3 is 0 Å². The van der Waals surface area contributed by atoms with Gasteiger partial charge in [0.2, 0.25) is 0 Å². The Morgan fingerprint density at radius 3 is 2.47 bits per heavy atom.